The third-order valence-electron chi connectivity index (χ3n) is 4.20. The predicted octanol–water partition coefficient (Wildman–Crippen LogP) is 3.25. The molecule has 4 nitrogen and oxygen atoms in total. The SMILES string of the molecule is CC[C@@H](Oc1ccc(OC)cc1)C(=O)N(C)C1CCCC1. The summed E-state index contributed by atoms with van der Waals surface area (Å²) in [6.45, 7) is 1.98. The molecule has 0 bridgehead atoms. The Hall–Kier alpha value is -1.71. The second-order valence-corrected chi connectivity index (χ2v) is 5.58. The fraction of sp³-hybridized carbons (Fsp3) is 0.588. The van der Waals surface area contributed by atoms with Gasteiger partial charge in [-0.05, 0) is 43.5 Å². The summed E-state index contributed by atoms with van der Waals surface area (Å²) in [6.07, 6.45) is 4.92. The Morgan fingerprint density at radius 2 is 1.81 bits per heavy atom. The molecule has 1 aromatic rings. The third kappa shape index (κ3) is 3.90. The van der Waals surface area contributed by atoms with Crippen molar-refractivity contribution in [1.82, 2.24) is 4.90 Å². The summed E-state index contributed by atoms with van der Waals surface area (Å²) < 4.78 is 11.0. The van der Waals surface area contributed by atoms with Gasteiger partial charge in [-0.1, -0.05) is 19.8 Å². The van der Waals surface area contributed by atoms with E-state index in [0.717, 1.165) is 18.6 Å². The van der Waals surface area contributed by atoms with E-state index in [9.17, 15) is 4.79 Å². The highest BCUT2D eigenvalue weighted by molar-refractivity contribution is 5.81. The third-order valence-corrected chi connectivity index (χ3v) is 4.20. The Labute approximate surface area is 127 Å². The van der Waals surface area contributed by atoms with E-state index in [1.165, 1.54) is 12.8 Å². The minimum Gasteiger partial charge on any atom is -0.497 e. The maximum atomic E-state index is 12.6. The zero-order valence-electron chi connectivity index (χ0n) is 13.2. The molecule has 1 amide bonds. The molecule has 0 spiro atoms. The molecule has 0 aliphatic heterocycles. The Balaban J connectivity index is 1.98. The lowest BCUT2D eigenvalue weighted by atomic mass is 10.1. The minimum absolute atomic E-state index is 0.0835. The van der Waals surface area contributed by atoms with Gasteiger partial charge in [0.25, 0.3) is 5.91 Å². The van der Waals surface area contributed by atoms with Crippen LogP contribution in [0.3, 0.4) is 0 Å². The highest BCUT2D eigenvalue weighted by Crippen LogP contribution is 2.24. The van der Waals surface area contributed by atoms with Gasteiger partial charge in [0.1, 0.15) is 11.5 Å². The molecule has 4 heteroatoms. The topological polar surface area (TPSA) is 38.8 Å². The number of hydrogen-bond donors (Lipinski definition) is 0. The van der Waals surface area contributed by atoms with Crippen LogP contribution in [0.25, 0.3) is 0 Å². The van der Waals surface area contributed by atoms with E-state index in [4.69, 9.17) is 9.47 Å². The molecule has 1 aromatic carbocycles. The maximum absolute atomic E-state index is 12.6. The molecule has 1 aliphatic carbocycles. The van der Waals surface area contributed by atoms with E-state index in [-0.39, 0.29) is 5.91 Å². The number of carbonyl (C=O) groups is 1. The molecule has 1 aliphatic rings. The molecule has 0 N–H and O–H groups in total. The van der Waals surface area contributed by atoms with Crippen molar-refractivity contribution in [2.45, 2.75) is 51.2 Å². The lowest BCUT2D eigenvalue weighted by Crippen LogP contribution is -2.43. The average molecular weight is 291 g/mol. The number of amides is 1. The van der Waals surface area contributed by atoms with Gasteiger partial charge < -0.3 is 14.4 Å². The molecular formula is C17H25NO3. The summed E-state index contributed by atoms with van der Waals surface area (Å²) in [5.41, 5.74) is 0. The van der Waals surface area contributed by atoms with E-state index in [2.05, 4.69) is 0 Å². The largest absolute Gasteiger partial charge is 0.497 e. The number of methoxy groups -OCH3 is 1. The highest BCUT2D eigenvalue weighted by atomic mass is 16.5. The highest BCUT2D eigenvalue weighted by Gasteiger charge is 2.29. The molecule has 0 radical (unpaired) electrons. The van der Waals surface area contributed by atoms with Crippen LogP contribution in [0.4, 0.5) is 0 Å². The Kier molecular flexibility index (Phi) is 5.48. The van der Waals surface area contributed by atoms with E-state index in [1.807, 2.05) is 43.1 Å². The molecular weight excluding hydrogens is 266 g/mol. The summed E-state index contributed by atoms with van der Waals surface area (Å²) in [7, 11) is 3.53. The van der Waals surface area contributed by atoms with Gasteiger partial charge in [0.05, 0.1) is 7.11 Å². The molecule has 0 heterocycles. The maximum Gasteiger partial charge on any atom is 0.263 e. The van der Waals surface area contributed by atoms with E-state index in [0.29, 0.717) is 18.2 Å². The van der Waals surface area contributed by atoms with E-state index >= 15 is 0 Å². The average Bonchev–Trinajstić information content (AvgIpc) is 3.06. The second-order valence-electron chi connectivity index (χ2n) is 5.58. The van der Waals surface area contributed by atoms with Crippen molar-refractivity contribution in [2.24, 2.45) is 0 Å². The monoisotopic (exact) mass is 291 g/mol. The van der Waals surface area contributed by atoms with Gasteiger partial charge in [0.15, 0.2) is 6.10 Å². The molecule has 1 saturated carbocycles. The summed E-state index contributed by atoms with van der Waals surface area (Å²) in [5, 5.41) is 0. The first kappa shape index (κ1) is 15.7. The van der Waals surface area contributed by atoms with Crippen LogP contribution in [0.1, 0.15) is 39.0 Å². The summed E-state index contributed by atoms with van der Waals surface area (Å²) in [4.78, 5) is 14.4. The smallest absolute Gasteiger partial charge is 0.263 e. The van der Waals surface area contributed by atoms with Gasteiger partial charge in [0, 0.05) is 13.1 Å². The Bertz CT molecular complexity index is 452. The van der Waals surface area contributed by atoms with Crippen molar-refractivity contribution in [1.29, 1.82) is 0 Å². The summed E-state index contributed by atoms with van der Waals surface area (Å²) in [6, 6.07) is 7.74. The van der Waals surface area contributed by atoms with Gasteiger partial charge in [-0.2, -0.15) is 0 Å². The van der Waals surface area contributed by atoms with Crippen LogP contribution in [0.5, 0.6) is 11.5 Å². The van der Waals surface area contributed by atoms with Crippen molar-refractivity contribution in [3.8, 4) is 11.5 Å². The normalized spacial score (nSPS) is 16.5. The van der Waals surface area contributed by atoms with Gasteiger partial charge >= 0.3 is 0 Å². The van der Waals surface area contributed by atoms with Crippen LogP contribution in [-0.4, -0.2) is 37.1 Å². The van der Waals surface area contributed by atoms with Gasteiger partial charge in [-0.3, -0.25) is 4.79 Å². The second kappa shape index (κ2) is 7.34. The van der Waals surface area contributed by atoms with Crippen LogP contribution < -0.4 is 9.47 Å². The van der Waals surface area contributed by atoms with Crippen molar-refractivity contribution >= 4 is 5.91 Å². The minimum atomic E-state index is -0.413. The van der Waals surface area contributed by atoms with E-state index < -0.39 is 6.10 Å². The first-order valence-electron chi connectivity index (χ1n) is 7.73. The Morgan fingerprint density at radius 3 is 2.33 bits per heavy atom. The van der Waals surface area contributed by atoms with Gasteiger partial charge in [0.2, 0.25) is 0 Å². The zero-order chi connectivity index (χ0) is 15.2. The first-order chi connectivity index (χ1) is 10.2. The molecule has 21 heavy (non-hydrogen) atoms. The fourth-order valence-corrected chi connectivity index (χ4v) is 2.83. The lowest BCUT2D eigenvalue weighted by molar-refractivity contribution is -0.139. The molecule has 0 aromatic heterocycles. The number of nitrogens with zero attached hydrogens (tertiary/aromatic N) is 1. The van der Waals surface area contributed by atoms with Crippen molar-refractivity contribution < 1.29 is 14.3 Å². The number of hydrogen-bond acceptors (Lipinski definition) is 3. The van der Waals surface area contributed by atoms with Gasteiger partial charge in [-0.25, -0.2) is 0 Å². The quantitative estimate of drug-likeness (QED) is 0.807. The summed E-state index contributed by atoms with van der Waals surface area (Å²) in [5.74, 6) is 1.57. The lowest BCUT2D eigenvalue weighted by Gasteiger charge is -2.28. The van der Waals surface area contributed by atoms with Crippen molar-refractivity contribution in [3.63, 3.8) is 0 Å². The Morgan fingerprint density at radius 1 is 1.24 bits per heavy atom. The number of carbonyl (C=O) groups excluding carboxylic acids is 1. The molecule has 1 fully saturated rings. The number of benzene rings is 1. The van der Waals surface area contributed by atoms with Crippen LogP contribution in [0.15, 0.2) is 24.3 Å². The standard InChI is InChI=1S/C17H25NO3/c1-4-16(17(19)18(2)13-7-5-6-8-13)21-15-11-9-14(20-3)10-12-15/h9-13,16H,4-8H2,1-3H3/t16-/m1/s1. The molecule has 1 atom stereocenters. The first-order valence-corrected chi connectivity index (χ1v) is 7.73. The van der Waals surface area contributed by atoms with Crippen LogP contribution >= 0.6 is 0 Å². The fourth-order valence-electron chi connectivity index (χ4n) is 2.83. The van der Waals surface area contributed by atoms with Crippen molar-refractivity contribution in [2.75, 3.05) is 14.2 Å². The van der Waals surface area contributed by atoms with Crippen LogP contribution in [-0.2, 0) is 4.79 Å². The van der Waals surface area contributed by atoms with Crippen LogP contribution in [0, 0.1) is 0 Å². The van der Waals surface area contributed by atoms with Crippen LogP contribution in [0.2, 0.25) is 0 Å². The molecule has 0 saturated heterocycles. The number of likely N-dealkylation sites (N-methyl/N-ethyl adjacent to an activating group) is 1. The summed E-state index contributed by atoms with van der Waals surface area (Å²) >= 11 is 0. The zero-order valence-corrected chi connectivity index (χ0v) is 13.2. The van der Waals surface area contributed by atoms with Crippen molar-refractivity contribution in [3.05, 3.63) is 24.3 Å². The predicted molar refractivity (Wildman–Crippen MR) is 82.7 cm³/mol. The molecule has 2 rings (SSSR count). The van der Waals surface area contributed by atoms with Gasteiger partial charge in [-0.15, -0.1) is 0 Å². The molecule has 116 valence electrons. The molecule has 0 unspecified atom stereocenters. The number of rotatable bonds is 6. The van der Waals surface area contributed by atoms with E-state index in [1.54, 1.807) is 7.11 Å². The number of ether oxygens (including phenoxy) is 2.